The van der Waals surface area contributed by atoms with Gasteiger partial charge in [0.25, 0.3) is 0 Å². The molecule has 0 spiro atoms. The fourth-order valence-corrected chi connectivity index (χ4v) is 6.40. The molecule has 0 aliphatic carbocycles. The van der Waals surface area contributed by atoms with Crippen LogP contribution in [0.25, 0.3) is 11.1 Å². The van der Waals surface area contributed by atoms with Gasteiger partial charge >= 0.3 is 5.97 Å². The highest BCUT2D eigenvalue weighted by atomic mass is 32.2. The SMILES string of the molecule is CC(C)C[C@@H]1CN(C(C)C)c2cc(Oc3ccccc3F)c(-c3ccc(F)c(C(=O)O)c3)cc2S(=O)(=O)N1C. The molecule has 39 heavy (non-hydrogen) atoms. The summed E-state index contributed by atoms with van der Waals surface area (Å²) >= 11 is 0. The fourth-order valence-electron chi connectivity index (χ4n) is 4.84. The summed E-state index contributed by atoms with van der Waals surface area (Å²) in [7, 11) is -2.45. The number of hydrogen-bond acceptors (Lipinski definition) is 5. The van der Waals surface area contributed by atoms with Crippen molar-refractivity contribution in [3.05, 3.63) is 71.8 Å². The molecule has 208 valence electrons. The summed E-state index contributed by atoms with van der Waals surface area (Å²) in [5.41, 5.74) is 0.196. The minimum atomic E-state index is -4.01. The van der Waals surface area contributed by atoms with Gasteiger partial charge in [-0.1, -0.05) is 32.0 Å². The number of para-hydroxylation sites is 1. The summed E-state index contributed by atoms with van der Waals surface area (Å²) in [6.07, 6.45) is 0.637. The molecule has 1 aliphatic heterocycles. The Morgan fingerprint density at radius 1 is 1.03 bits per heavy atom. The highest BCUT2D eigenvalue weighted by Crippen LogP contribution is 2.44. The van der Waals surface area contributed by atoms with Crippen molar-refractivity contribution in [2.75, 3.05) is 18.5 Å². The van der Waals surface area contributed by atoms with Crippen molar-refractivity contribution < 1.29 is 31.8 Å². The molecule has 0 aromatic heterocycles. The van der Waals surface area contributed by atoms with Gasteiger partial charge in [-0.2, -0.15) is 4.31 Å². The van der Waals surface area contributed by atoms with E-state index in [9.17, 15) is 27.1 Å². The number of anilines is 1. The first-order valence-electron chi connectivity index (χ1n) is 12.7. The second-order valence-electron chi connectivity index (χ2n) is 10.4. The van der Waals surface area contributed by atoms with Crippen LogP contribution in [0.2, 0.25) is 0 Å². The molecule has 0 fully saturated rings. The Kier molecular flexibility index (Phi) is 7.99. The third-order valence-electron chi connectivity index (χ3n) is 6.88. The van der Waals surface area contributed by atoms with Crippen molar-refractivity contribution in [2.24, 2.45) is 5.92 Å². The Bertz CT molecular complexity index is 1510. The van der Waals surface area contributed by atoms with Crippen LogP contribution in [0.4, 0.5) is 14.5 Å². The van der Waals surface area contributed by atoms with Gasteiger partial charge in [-0.25, -0.2) is 22.0 Å². The van der Waals surface area contributed by atoms with Crippen molar-refractivity contribution >= 4 is 21.7 Å². The number of ether oxygens (including phenoxy) is 1. The predicted octanol–water partition coefficient (Wildman–Crippen LogP) is 6.39. The molecule has 1 N–H and O–H groups in total. The second-order valence-corrected chi connectivity index (χ2v) is 12.4. The number of halogens is 2. The molecule has 0 saturated carbocycles. The lowest BCUT2D eigenvalue weighted by Crippen LogP contribution is -2.44. The first kappa shape index (κ1) is 28.5. The lowest BCUT2D eigenvalue weighted by Gasteiger charge is -2.33. The summed E-state index contributed by atoms with van der Waals surface area (Å²) in [5, 5.41) is 9.49. The minimum absolute atomic E-state index is 0.00189. The molecule has 4 rings (SSSR count). The Labute approximate surface area is 227 Å². The van der Waals surface area contributed by atoms with Gasteiger partial charge < -0.3 is 14.7 Å². The zero-order valence-electron chi connectivity index (χ0n) is 22.5. The normalized spacial score (nSPS) is 17.3. The van der Waals surface area contributed by atoms with Crippen LogP contribution >= 0.6 is 0 Å². The van der Waals surface area contributed by atoms with E-state index in [1.807, 2.05) is 32.6 Å². The molecular weight excluding hydrogens is 526 g/mol. The van der Waals surface area contributed by atoms with Crippen molar-refractivity contribution in [1.29, 1.82) is 0 Å². The van der Waals surface area contributed by atoms with E-state index in [0.29, 0.717) is 18.7 Å². The van der Waals surface area contributed by atoms with Crippen LogP contribution in [0.1, 0.15) is 44.5 Å². The molecule has 0 radical (unpaired) electrons. The van der Waals surface area contributed by atoms with Crippen LogP contribution in [-0.4, -0.2) is 49.5 Å². The molecule has 3 aromatic rings. The zero-order chi connectivity index (χ0) is 28.6. The van der Waals surface area contributed by atoms with Crippen LogP contribution < -0.4 is 9.64 Å². The molecule has 3 aromatic carbocycles. The monoisotopic (exact) mass is 558 g/mol. The first-order valence-corrected chi connectivity index (χ1v) is 14.1. The van der Waals surface area contributed by atoms with Gasteiger partial charge in [-0.3, -0.25) is 0 Å². The Morgan fingerprint density at radius 2 is 1.72 bits per heavy atom. The standard InChI is InChI=1S/C29H32F2N2O5S/c1-17(2)12-20-16-33(18(3)4)25-15-27(38-26-9-7-6-8-24(26)31)21(14-28(25)39(36,37)32(20)5)19-10-11-23(30)22(13-19)29(34)35/h6-11,13-15,17-18,20H,12,16H2,1-5H3,(H,34,35)/t20-/m1/s1. The van der Waals surface area contributed by atoms with Crippen LogP contribution in [0, 0.1) is 17.6 Å². The number of aromatic carboxylic acids is 1. The van der Waals surface area contributed by atoms with Gasteiger partial charge in [0.1, 0.15) is 16.5 Å². The number of benzene rings is 3. The Morgan fingerprint density at radius 3 is 2.33 bits per heavy atom. The van der Waals surface area contributed by atoms with Gasteiger partial charge in [0, 0.05) is 37.3 Å². The molecule has 10 heteroatoms. The van der Waals surface area contributed by atoms with Gasteiger partial charge in [0.2, 0.25) is 10.0 Å². The van der Waals surface area contributed by atoms with Crippen molar-refractivity contribution in [1.82, 2.24) is 4.31 Å². The average molecular weight is 559 g/mol. The number of likely N-dealkylation sites (N-methyl/N-ethyl adjacent to an activating group) is 1. The van der Waals surface area contributed by atoms with Crippen LogP contribution in [0.15, 0.2) is 59.5 Å². The smallest absolute Gasteiger partial charge is 0.338 e. The first-order chi connectivity index (χ1) is 18.3. The molecule has 1 atom stereocenters. The maximum absolute atomic E-state index is 14.6. The van der Waals surface area contributed by atoms with E-state index in [4.69, 9.17) is 4.74 Å². The molecule has 7 nitrogen and oxygen atoms in total. The number of carboxylic acids is 1. The maximum atomic E-state index is 14.6. The van der Waals surface area contributed by atoms with Gasteiger partial charge in [0.15, 0.2) is 11.6 Å². The van der Waals surface area contributed by atoms with Crippen LogP contribution in [0.5, 0.6) is 11.5 Å². The molecule has 0 amide bonds. The third-order valence-corrected chi connectivity index (χ3v) is 8.82. The topological polar surface area (TPSA) is 87.1 Å². The van der Waals surface area contributed by atoms with Crippen molar-refractivity contribution in [3.63, 3.8) is 0 Å². The molecular formula is C29H32F2N2O5S. The number of fused-ring (bicyclic) bond motifs is 1. The van der Waals surface area contributed by atoms with Crippen LogP contribution in [0.3, 0.4) is 0 Å². The summed E-state index contributed by atoms with van der Waals surface area (Å²) < 4.78 is 64.2. The minimum Gasteiger partial charge on any atom is -0.478 e. The van der Waals surface area contributed by atoms with E-state index in [1.165, 1.54) is 34.6 Å². The summed E-state index contributed by atoms with van der Waals surface area (Å²) in [6.45, 7) is 8.41. The highest BCUT2D eigenvalue weighted by molar-refractivity contribution is 7.89. The number of carboxylic acid groups (broad SMARTS) is 1. The van der Waals surface area contributed by atoms with E-state index >= 15 is 0 Å². The average Bonchev–Trinajstić information content (AvgIpc) is 2.93. The number of rotatable bonds is 7. The number of nitrogens with zero attached hydrogens (tertiary/aromatic N) is 2. The second kappa shape index (κ2) is 10.9. The Hall–Kier alpha value is -3.50. The zero-order valence-corrected chi connectivity index (χ0v) is 23.3. The Balaban J connectivity index is 2.02. The van der Waals surface area contributed by atoms with E-state index in [-0.39, 0.29) is 45.5 Å². The summed E-state index contributed by atoms with van der Waals surface area (Å²) in [5.74, 6) is -2.79. The predicted molar refractivity (Wildman–Crippen MR) is 146 cm³/mol. The largest absolute Gasteiger partial charge is 0.478 e. The lowest BCUT2D eigenvalue weighted by molar-refractivity contribution is 0.0692. The summed E-state index contributed by atoms with van der Waals surface area (Å²) in [6, 6.07) is 11.8. The van der Waals surface area contributed by atoms with E-state index in [0.717, 1.165) is 12.1 Å². The van der Waals surface area contributed by atoms with E-state index in [2.05, 4.69) is 0 Å². The number of sulfonamides is 1. The fraction of sp³-hybridized carbons (Fsp3) is 0.345. The number of hydrogen-bond donors (Lipinski definition) is 1. The van der Waals surface area contributed by atoms with Crippen molar-refractivity contribution in [3.8, 4) is 22.6 Å². The molecule has 1 heterocycles. The van der Waals surface area contributed by atoms with Gasteiger partial charge in [-0.15, -0.1) is 0 Å². The molecule has 0 unspecified atom stereocenters. The van der Waals surface area contributed by atoms with E-state index in [1.54, 1.807) is 19.2 Å². The summed E-state index contributed by atoms with van der Waals surface area (Å²) in [4.78, 5) is 13.6. The molecule has 0 bridgehead atoms. The van der Waals surface area contributed by atoms with Gasteiger partial charge in [-0.05, 0) is 62.1 Å². The van der Waals surface area contributed by atoms with Gasteiger partial charge in [0.05, 0.1) is 11.3 Å². The molecule has 0 saturated heterocycles. The van der Waals surface area contributed by atoms with Crippen LogP contribution in [-0.2, 0) is 10.0 Å². The lowest BCUT2D eigenvalue weighted by atomic mass is 10.00. The highest BCUT2D eigenvalue weighted by Gasteiger charge is 2.38. The number of carbonyl (C=O) groups is 1. The molecule has 1 aliphatic rings. The third kappa shape index (κ3) is 5.62. The quantitative estimate of drug-likeness (QED) is 0.362. The van der Waals surface area contributed by atoms with E-state index < -0.39 is 33.2 Å². The van der Waals surface area contributed by atoms with Crippen molar-refractivity contribution in [2.45, 2.75) is 51.1 Å². The maximum Gasteiger partial charge on any atom is 0.338 e.